The molecule has 2 aliphatic rings. The molecule has 0 radical (unpaired) electrons. The molecule has 0 saturated carbocycles. The minimum Gasteiger partial charge on any atom is -0.486 e. The Labute approximate surface area is 181 Å². The van der Waals surface area contributed by atoms with Crippen LogP contribution in [0, 0.1) is 5.92 Å². The van der Waals surface area contributed by atoms with Crippen molar-refractivity contribution in [3.05, 3.63) is 54.1 Å². The van der Waals surface area contributed by atoms with Crippen molar-refractivity contribution in [3.8, 4) is 11.5 Å². The average Bonchev–Trinajstić information content (AvgIpc) is 2.79. The topological polar surface area (TPSA) is 92.3 Å². The van der Waals surface area contributed by atoms with E-state index in [-0.39, 0.29) is 29.6 Å². The van der Waals surface area contributed by atoms with Gasteiger partial charge in [0.1, 0.15) is 19.3 Å². The zero-order valence-corrected chi connectivity index (χ0v) is 17.8. The van der Waals surface area contributed by atoms with Crippen molar-refractivity contribution in [2.24, 2.45) is 10.9 Å². The number of anilines is 1. The predicted molar refractivity (Wildman–Crippen MR) is 117 cm³/mol. The number of hydrazine groups is 1. The highest BCUT2D eigenvalue weighted by atomic mass is 16.6. The van der Waals surface area contributed by atoms with Gasteiger partial charge in [0.15, 0.2) is 11.5 Å². The third-order valence-electron chi connectivity index (χ3n) is 5.23. The van der Waals surface area contributed by atoms with Crippen molar-refractivity contribution < 1.29 is 19.1 Å². The molecule has 2 aromatic carbocycles. The van der Waals surface area contributed by atoms with E-state index >= 15 is 0 Å². The number of hydrogen-bond donors (Lipinski definition) is 2. The van der Waals surface area contributed by atoms with Gasteiger partial charge in [-0.3, -0.25) is 15.0 Å². The first-order valence-electron chi connectivity index (χ1n) is 10.4. The van der Waals surface area contributed by atoms with Crippen molar-refractivity contribution in [2.45, 2.75) is 32.9 Å². The second-order valence-corrected chi connectivity index (χ2v) is 7.87. The van der Waals surface area contributed by atoms with Crippen LogP contribution >= 0.6 is 0 Å². The number of rotatable bonds is 5. The summed E-state index contributed by atoms with van der Waals surface area (Å²) in [4.78, 5) is 30.0. The highest BCUT2D eigenvalue weighted by Crippen LogP contribution is 2.34. The molecule has 2 aromatic rings. The van der Waals surface area contributed by atoms with Gasteiger partial charge in [0, 0.05) is 0 Å². The van der Waals surface area contributed by atoms with Crippen LogP contribution in [0.2, 0.25) is 0 Å². The van der Waals surface area contributed by atoms with E-state index in [1.54, 1.807) is 19.1 Å². The van der Waals surface area contributed by atoms with Crippen LogP contribution in [0.1, 0.15) is 32.4 Å². The predicted octanol–water partition coefficient (Wildman–Crippen LogP) is 2.61. The van der Waals surface area contributed by atoms with Crippen LogP contribution in [0.3, 0.4) is 0 Å². The first kappa shape index (κ1) is 20.7. The maximum atomic E-state index is 13.1. The number of benzene rings is 2. The fourth-order valence-corrected chi connectivity index (χ4v) is 3.60. The first-order chi connectivity index (χ1) is 14.9. The number of hydrogen-bond acceptors (Lipinski definition) is 6. The number of para-hydroxylation sites is 1. The van der Waals surface area contributed by atoms with Gasteiger partial charge in [-0.1, -0.05) is 38.1 Å². The second kappa shape index (κ2) is 8.67. The molecule has 0 aliphatic carbocycles. The Bertz CT molecular complexity index is 1010. The summed E-state index contributed by atoms with van der Waals surface area (Å²) in [5.41, 5.74) is 4.43. The summed E-state index contributed by atoms with van der Waals surface area (Å²) in [6, 6.07) is 13.9. The van der Waals surface area contributed by atoms with E-state index in [1.165, 1.54) is 5.01 Å². The lowest BCUT2D eigenvalue weighted by molar-refractivity contribution is -0.120. The number of nitrogens with zero attached hydrogens (tertiary/aromatic N) is 2. The van der Waals surface area contributed by atoms with Gasteiger partial charge in [0.25, 0.3) is 11.8 Å². The molecule has 2 heterocycles. The Morgan fingerprint density at radius 1 is 1.13 bits per heavy atom. The Hall–Kier alpha value is -3.55. The van der Waals surface area contributed by atoms with Crippen molar-refractivity contribution in [1.82, 2.24) is 10.7 Å². The normalized spacial score (nSPS) is 18.8. The Balaban J connectivity index is 1.55. The zero-order valence-electron chi connectivity index (χ0n) is 17.8. The molecule has 4 rings (SSSR count). The molecule has 0 spiro atoms. The molecule has 2 atom stereocenters. The van der Waals surface area contributed by atoms with Gasteiger partial charge in [-0.15, -0.1) is 0 Å². The lowest BCUT2D eigenvalue weighted by atomic mass is 9.95. The maximum Gasteiger partial charge on any atom is 0.288 e. The fourth-order valence-electron chi connectivity index (χ4n) is 3.60. The highest BCUT2D eigenvalue weighted by molar-refractivity contribution is 6.39. The molecule has 8 nitrogen and oxygen atoms in total. The molecule has 0 saturated heterocycles. The molecule has 0 aromatic heterocycles. The van der Waals surface area contributed by atoms with Crippen molar-refractivity contribution in [2.75, 3.05) is 18.2 Å². The standard InChI is InChI=1S/C23H26N4O4/c1-14(2)20(16-9-10-18-19(13-16)31-12-11-30-18)25-22(28)21-24-15(3)23(29)27(26-21)17-7-5-4-6-8-17/h4-10,13-15,20H,11-12H2,1-3H3,(H,24,26)(H,25,28)/t15-,20+/m1/s1. The summed E-state index contributed by atoms with van der Waals surface area (Å²) in [5, 5.41) is 4.41. The van der Waals surface area contributed by atoms with Gasteiger partial charge in [0.2, 0.25) is 5.84 Å². The van der Waals surface area contributed by atoms with Gasteiger partial charge in [-0.05, 0) is 42.7 Å². The Morgan fingerprint density at radius 3 is 2.55 bits per heavy atom. The lowest BCUT2D eigenvalue weighted by Gasteiger charge is -2.31. The van der Waals surface area contributed by atoms with E-state index in [0.717, 1.165) is 5.56 Å². The number of ether oxygens (including phenoxy) is 2. The maximum absolute atomic E-state index is 13.1. The van der Waals surface area contributed by atoms with Gasteiger partial charge in [-0.25, -0.2) is 10.0 Å². The molecule has 2 amide bonds. The van der Waals surface area contributed by atoms with Crippen molar-refractivity contribution >= 4 is 23.3 Å². The van der Waals surface area contributed by atoms with Crippen LogP contribution in [0.15, 0.2) is 53.5 Å². The van der Waals surface area contributed by atoms with Crippen molar-refractivity contribution in [1.29, 1.82) is 0 Å². The van der Waals surface area contributed by atoms with Crippen LogP contribution < -0.4 is 25.2 Å². The molecule has 0 fully saturated rings. The van der Waals surface area contributed by atoms with Gasteiger partial charge >= 0.3 is 0 Å². The van der Waals surface area contributed by atoms with Gasteiger partial charge in [0.05, 0.1) is 11.7 Å². The Morgan fingerprint density at radius 2 is 1.84 bits per heavy atom. The number of carbonyl (C=O) groups is 2. The molecular weight excluding hydrogens is 396 g/mol. The number of fused-ring (bicyclic) bond motifs is 1. The number of nitrogens with one attached hydrogen (secondary N) is 2. The number of amidine groups is 1. The van der Waals surface area contributed by atoms with E-state index in [9.17, 15) is 9.59 Å². The van der Waals surface area contributed by atoms with E-state index in [2.05, 4.69) is 15.7 Å². The Kier molecular flexibility index (Phi) is 5.79. The van der Waals surface area contributed by atoms with Gasteiger partial charge in [-0.2, -0.15) is 0 Å². The van der Waals surface area contributed by atoms with Crippen LogP contribution in [-0.4, -0.2) is 36.9 Å². The summed E-state index contributed by atoms with van der Waals surface area (Å²) in [5.74, 6) is 0.974. The second-order valence-electron chi connectivity index (χ2n) is 7.87. The minimum absolute atomic E-state index is 0.0964. The average molecular weight is 422 g/mol. The third-order valence-corrected chi connectivity index (χ3v) is 5.23. The smallest absolute Gasteiger partial charge is 0.288 e. The zero-order chi connectivity index (χ0) is 22.0. The molecule has 2 aliphatic heterocycles. The number of carbonyl (C=O) groups excluding carboxylic acids is 2. The van der Waals surface area contributed by atoms with Crippen molar-refractivity contribution in [3.63, 3.8) is 0 Å². The summed E-state index contributed by atoms with van der Waals surface area (Å²) >= 11 is 0. The molecular formula is C23H26N4O4. The SMILES string of the molecule is CC(C)[C@H](NC(=O)C1=N[C@H](C)C(=O)N(c2ccccc2)N1)c1ccc2c(c1)OCCO2. The van der Waals surface area contributed by atoms with E-state index in [1.807, 2.05) is 50.2 Å². The molecule has 31 heavy (non-hydrogen) atoms. The summed E-state index contributed by atoms with van der Waals surface area (Å²) in [6.07, 6.45) is 0. The largest absolute Gasteiger partial charge is 0.486 e. The summed E-state index contributed by atoms with van der Waals surface area (Å²) in [7, 11) is 0. The lowest BCUT2D eigenvalue weighted by Crippen LogP contribution is -2.58. The molecule has 8 heteroatoms. The van der Waals surface area contributed by atoms with Crippen LogP contribution in [0.25, 0.3) is 0 Å². The van der Waals surface area contributed by atoms with E-state index in [4.69, 9.17) is 9.47 Å². The first-order valence-corrected chi connectivity index (χ1v) is 10.4. The molecule has 162 valence electrons. The molecule has 0 unspecified atom stereocenters. The van der Waals surface area contributed by atoms with Crippen LogP contribution in [0.5, 0.6) is 11.5 Å². The highest BCUT2D eigenvalue weighted by Gasteiger charge is 2.32. The quantitative estimate of drug-likeness (QED) is 0.773. The van der Waals surface area contributed by atoms with Gasteiger partial charge < -0.3 is 14.8 Å². The monoisotopic (exact) mass is 422 g/mol. The third kappa shape index (κ3) is 4.33. The fraction of sp³-hybridized carbons (Fsp3) is 0.348. The number of aliphatic imine (C=N–C) groups is 1. The van der Waals surface area contributed by atoms with Crippen LogP contribution in [-0.2, 0) is 9.59 Å². The minimum atomic E-state index is -0.672. The number of amides is 2. The molecule has 2 N–H and O–H groups in total. The van der Waals surface area contributed by atoms with E-state index < -0.39 is 6.04 Å². The summed E-state index contributed by atoms with van der Waals surface area (Å²) < 4.78 is 11.3. The summed E-state index contributed by atoms with van der Waals surface area (Å²) in [6.45, 7) is 6.75. The van der Waals surface area contributed by atoms with Crippen LogP contribution in [0.4, 0.5) is 5.69 Å². The van der Waals surface area contributed by atoms with E-state index in [0.29, 0.717) is 30.4 Å². The molecule has 0 bridgehead atoms.